The lowest BCUT2D eigenvalue weighted by Gasteiger charge is -2.14. The summed E-state index contributed by atoms with van der Waals surface area (Å²) in [5, 5.41) is 7.09. The Labute approximate surface area is 142 Å². The largest absolute Gasteiger partial charge is 0.339 e. The summed E-state index contributed by atoms with van der Waals surface area (Å²) in [5.41, 5.74) is 2.58. The summed E-state index contributed by atoms with van der Waals surface area (Å²) in [6.45, 7) is 5.96. The average molecular weight is 328 g/mol. The van der Waals surface area contributed by atoms with Crippen molar-refractivity contribution in [3.05, 3.63) is 23.2 Å². The Hall–Kier alpha value is -2.24. The van der Waals surface area contributed by atoms with Gasteiger partial charge in [-0.15, -0.1) is 0 Å². The van der Waals surface area contributed by atoms with Gasteiger partial charge in [-0.3, -0.25) is 4.79 Å². The topological polar surface area (TPSA) is 80.9 Å². The molecule has 0 aromatic carbocycles. The number of nitrogens with zero attached hydrogens (tertiary/aromatic N) is 3. The first-order chi connectivity index (χ1) is 11.6. The van der Waals surface area contributed by atoms with Gasteiger partial charge in [0.05, 0.1) is 5.56 Å². The Bertz CT molecular complexity index is 733. The Balaban J connectivity index is 1.93. The number of carbonyl (C=O) groups is 1. The molecular formula is C18H24N4O2. The summed E-state index contributed by atoms with van der Waals surface area (Å²) in [6.07, 6.45) is 5.84. The highest BCUT2D eigenvalue weighted by molar-refractivity contribution is 5.95. The molecule has 3 rings (SSSR count). The second-order valence-electron chi connectivity index (χ2n) is 6.54. The van der Waals surface area contributed by atoms with Gasteiger partial charge in [-0.2, -0.15) is 4.98 Å². The molecule has 1 saturated carbocycles. The fourth-order valence-electron chi connectivity index (χ4n) is 3.29. The molecule has 1 aliphatic carbocycles. The lowest BCUT2D eigenvalue weighted by Crippen LogP contribution is -2.22. The van der Waals surface area contributed by atoms with E-state index in [0.717, 1.165) is 55.3 Å². The SMILES string of the molecule is CCCc1nc(-c2c(C)cc(C)nc2NC(=O)C2CCCC2)no1. The van der Waals surface area contributed by atoms with Crippen LogP contribution in [-0.2, 0) is 11.2 Å². The van der Waals surface area contributed by atoms with Crippen LogP contribution in [0, 0.1) is 19.8 Å². The predicted octanol–water partition coefficient (Wildman–Crippen LogP) is 3.83. The fraction of sp³-hybridized carbons (Fsp3) is 0.556. The molecule has 0 atom stereocenters. The maximum Gasteiger partial charge on any atom is 0.228 e. The lowest BCUT2D eigenvalue weighted by atomic mass is 10.1. The maximum atomic E-state index is 12.5. The minimum absolute atomic E-state index is 0.0449. The highest BCUT2D eigenvalue weighted by Gasteiger charge is 2.25. The predicted molar refractivity (Wildman–Crippen MR) is 91.6 cm³/mol. The van der Waals surface area contributed by atoms with E-state index in [0.29, 0.717) is 17.5 Å². The molecule has 24 heavy (non-hydrogen) atoms. The van der Waals surface area contributed by atoms with E-state index in [2.05, 4.69) is 27.4 Å². The van der Waals surface area contributed by atoms with Crippen LogP contribution in [0.2, 0.25) is 0 Å². The van der Waals surface area contributed by atoms with Crippen molar-refractivity contribution in [3.63, 3.8) is 0 Å². The first kappa shape index (κ1) is 16.6. The summed E-state index contributed by atoms with van der Waals surface area (Å²) in [5.74, 6) is 1.77. The molecule has 6 heteroatoms. The van der Waals surface area contributed by atoms with Crippen LogP contribution in [0.4, 0.5) is 5.82 Å². The van der Waals surface area contributed by atoms with E-state index in [4.69, 9.17) is 4.52 Å². The van der Waals surface area contributed by atoms with Gasteiger partial charge in [0.15, 0.2) is 0 Å². The molecule has 6 nitrogen and oxygen atoms in total. The van der Waals surface area contributed by atoms with E-state index in [9.17, 15) is 4.79 Å². The molecule has 0 bridgehead atoms. The average Bonchev–Trinajstić information content (AvgIpc) is 3.18. The van der Waals surface area contributed by atoms with Crippen molar-refractivity contribution in [2.45, 2.75) is 59.3 Å². The van der Waals surface area contributed by atoms with E-state index in [1.54, 1.807) is 0 Å². The normalized spacial score (nSPS) is 15.0. The zero-order valence-electron chi connectivity index (χ0n) is 14.6. The number of amides is 1. The Kier molecular flexibility index (Phi) is 4.92. The van der Waals surface area contributed by atoms with Gasteiger partial charge < -0.3 is 9.84 Å². The first-order valence-corrected chi connectivity index (χ1v) is 8.70. The van der Waals surface area contributed by atoms with Gasteiger partial charge >= 0.3 is 0 Å². The zero-order chi connectivity index (χ0) is 17.1. The number of carbonyl (C=O) groups excluding carboxylic acids is 1. The molecule has 0 spiro atoms. The lowest BCUT2D eigenvalue weighted by molar-refractivity contribution is -0.119. The molecule has 1 amide bonds. The summed E-state index contributed by atoms with van der Waals surface area (Å²) in [6, 6.07) is 1.97. The monoisotopic (exact) mass is 328 g/mol. The molecule has 0 aliphatic heterocycles. The van der Waals surface area contributed by atoms with Crippen molar-refractivity contribution in [1.29, 1.82) is 0 Å². The fourth-order valence-corrected chi connectivity index (χ4v) is 3.29. The van der Waals surface area contributed by atoms with Gasteiger partial charge in [0.25, 0.3) is 0 Å². The van der Waals surface area contributed by atoms with Crippen LogP contribution in [0.25, 0.3) is 11.4 Å². The van der Waals surface area contributed by atoms with Crippen molar-refractivity contribution in [3.8, 4) is 11.4 Å². The number of nitrogens with one attached hydrogen (secondary N) is 1. The Morgan fingerprint density at radius 2 is 2.04 bits per heavy atom. The van der Waals surface area contributed by atoms with Crippen molar-refractivity contribution in [1.82, 2.24) is 15.1 Å². The number of pyridine rings is 1. The van der Waals surface area contributed by atoms with Crippen LogP contribution in [0.3, 0.4) is 0 Å². The smallest absolute Gasteiger partial charge is 0.228 e. The van der Waals surface area contributed by atoms with Gasteiger partial charge in [0.1, 0.15) is 5.82 Å². The van der Waals surface area contributed by atoms with E-state index < -0.39 is 0 Å². The van der Waals surface area contributed by atoms with Crippen molar-refractivity contribution in [2.75, 3.05) is 5.32 Å². The number of hydrogen-bond acceptors (Lipinski definition) is 5. The number of anilines is 1. The van der Waals surface area contributed by atoms with Crippen molar-refractivity contribution < 1.29 is 9.32 Å². The van der Waals surface area contributed by atoms with Crippen LogP contribution in [0.1, 0.15) is 56.2 Å². The minimum Gasteiger partial charge on any atom is -0.339 e. The summed E-state index contributed by atoms with van der Waals surface area (Å²) in [7, 11) is 0. The molecule has 0 unspecified atom stereocenters. The molecule has 0 radical (unpaired) electrons. The van der Waals surface area contributed by atoms with E-state index in [1.807, 2.05) is 19.9 Å². The van der Waals surface area contributed by atoms with Crippen LogP contribution in [0.15, 0.2) is 10.6 Å². The van der Waals surface area contributed by atoms with Crippen molar-refractivity contribution in [2.24, 2.45) is 5.92 Å². The van der Waals surface area contributed by atoms with Crippen LogP contribution in [0.5, 0.6) is 0 Å². The molecule has 2 aromatic heterocycles. The molecule has 1 N–H and O–H groups in total. The Morgan fingerprint density at radius 1 is 1.29 bits per heavy atom. The van der Waals surface area contributed by atoms with E-state index >= 15 is 0 Å². The zero-order valence-corrected chi connectivity index (χ0v) is 14.6. The van der Waals surface area contributed by atoms with Gasteiger partial charge in [-0.05, 0) is 44.7 Å². The second kappa shape index (κ2) is 7.11. The summed E-state index contributed by atoms with van der Waals surface area (Å²) >= 11 is 0. The van der Waals surface area contributed by atoms with Gasteiger partial charge in [0.2, 0.25) is 17.6 Å². The molecule has 2 heterocycles. The quantitative estimate of drug-likeness (QED) is 0.902. The van der Waals surface area contributed by atoms with Crippen LogP contribution >= 0.6 is 0 Å². The van der Waals surface area contributed by atoms with Gasteiger partial charge in [-0.1, -0.05) is 24.9 Å². The molecule has 128 valence electrons. The molecule has 1 aliphatic rings. The third-order valence-corrected chi connectivity index (χ3v) is 4.47. The highest BCUT2D eigenvalue weighted by Crippen LogP contribution is 2.31. The van der Waals surface area contributed by atoms with Crippen molar-refractivity contribution >= 4 is 11.7 Å². The minimum atomic E-state index is 0.0449. The first-order valence-electron chi connectivity index (χ1n) is 8.70. The number of rotatable bonds is 5. The standard InChI is InChI=1S/C18H24N4O2/c1-4-7-14-20-17(22-24-14)15-11(2)10-12(3)19-16(15)21-18(23)13-8-5-6-9-13/h10,13H,4-9H2,1-3H3,(H,19,21,23). The molecule has 1 fully saturated rings. The van der Waals surface area contributed by atoms with Crippen LogP contribution in [-0.4, -0.2) is 21.0 Å². The van der Waals surface area contributed by atoms with Crippen LogP contribution < -0.4 is 5.32 Å². The third-order valence-electron chi connectivity index (χ3n) is 4.47. The number of aryl methyl sites for hydroxylation is 3. The van der Waals surface area contributed by atoms with Gasteiger partial charge in [0, 0.05) is 18.0 Å². The highest BCUT2D eigenvalue weighted by atomic mass is 16.5. The number of hydrogen-bond donors (Lipinski definition) is 1. The third kappa shape index (κ3) is 3.47. The Morgan fingerprint density at radius 3 is 2.75 bits per heavy atom. The molecule has 0 saturated heterocycles. The van der Waals surface area contributed by atoms with Gasteiger partial charge in [-0.25, -0.2) is 4.98 Å². The summed E-state index contributed by atoms with van der Waals surface area (Å²) < 4.78 is 5.30. The number of aromatic nitrogens is 3. The second-order valence-corrected chi connectivity index (χ2v) is 6.54. The molecule has 2 aromatic rings. The summed E-state index contributed by atoms with van der Waals surface area (Å²) in [4.78, 5) is 21.5. The van der Waals surface area contributed by atoms with E-state index in [1.165, 1.54) is 0 Å². The maximum absolute atomic E-state index is 12.5. The van der Waals surface area contributed by atoms with E-state index in [-0.39, 0.29) is 11.8 Å². The molecular weight excluding hydrogens is 304 g/mol.